The number of hydrogen-bond acceptors (Lipinski definition) is 7. The summed E-state index contributed by atoms with van der Waals surface area (Å²) in [6.45, 7) is 4.60. The molecule has 2 aromatic heterocycles. The molecule has 8 heteroatoms. The largest absolute Gasteiger partial charge is 0.490 e. The topological polar surface area (TPSA) is 99.5 Å². The number of ether oxygens (including phenoxy) is 1. The van der Waals surface area contributed by atoms with Crippen LogP contribution in [0.4, 0.5) is 0 Å². The number of benzene rings is 2. The van der Waals surface area contributed by atoms with E-state index in [0.29, 0.717) is 23.9 Å². The lowest BCUT2D eigenvalue weighted by atomic mass is 10.0. The monoisotopic (exact) mass is 456 g/mol. The van der Waals surface area contributed by atoms with Gasteiger partial charge in [0, 0.05) is 29.6 Å². The Balaban J connectivity index is 1.39. The molecule has 0 aliphatic heterocycles. The summed E-state index contributed by atoms with van der Waals surface area (Å²) in [6, 6.07) is 14.5. The van der Waals surface area contributed by atoms with Crippen LogP contribution in [0, 0.1) is 11.3 Å². The van der Waals surface area contributed by atoms with Crippen molar-refractivity contribution in [3.05, 3.63) is 71.3 Å². The van der Waals surface area contributed by atoms with E-state index in [1.807, 2.05) is 38.2 Å². The van der Waals surface area contributed by atoms with Crippen molar-refractivity contribution in [2.24, 2.45) is 0 Å². The van der Waals surface area contributed by atoms with E-state index in [-0.39, 0.29) is 6.10 Å². The smallest absolute Gasteiger partial charge is 0.148 e. The van der Waals surface area contributed by atoms with Crippen molar-refractivity contribution in [2.75, 3.05) is 0 Å². The molecule has 33 heavy (non-hydrogen) atoms. The van der Waals surface area contributed by atoms with E-state index in [0.717, 1.165) is 39.8 Å². The molecular weight excluding hydrogens is 432 g/mol. The fourth-order valence-corrected chi connectivity index (χ4v) is 5.13. The highest BCUT2D eigenvalue weighted by Crippen LogP contribution is 2.40. The van der Waals surface area contributed by atoms with Gasteiger partial charge in [-0.15, -0.1) is 10.2 Å². The Hall–Kier alpha value is -3.54. The Morgan fingerprint density at radius 3 is 2.91 bits per heavy atom. The van der Waals surface area contributed by atoms with E-state index in [4.69, 9.17) is 4.74 Å². The van der Waals surface area contributed by atoms with E-state index in [9.17, 15) is 5.26 Å². The molecular formula is C25H24N6OS. The first-order chi connectivity index (χ1) is 16.1. The zero-order valence-corrected chi connectivity index (χ0v) is 19.3. The SMILES string of the molecule is CC(C)Oc1ccc(-c2nnc(-c3cccc4c3CC[C@@H]4NCc3ncc[nH]3)s2)cc1C#N. The average Bonchev–Trinajstić information content (AvgIpc) is 3.58. The summed E-state index contributed by atoms with van der Waals surface area (Å²) >= 11 is 1.55. The Morgan fingerprint density at radius 2 is 2.12 bits per heavy atom. The lowest BCUT2D eigenvalue weighted by molar-refractivity contribution is 0.242. The van der Waals surface area contributed by atoms with E-state index in [2.05, 4.69) is 49.8 Å². The first-order valence-electron chi connectivity index (χ1n) is 11.0. The predicted molar refractivity (Wildman–Crippen MR) is 128 cm³/mol. The second-order valence-corrected chi connectivity index (χ2v) is 9.26. The number of hydrogen-bond donors (Lipinski definition) is 2. The number of aromatic nitrogens is 4. The number of H-pyrrole nitrogens is 1. The minimum absolute atomic E-state index is 0.00801. The molecule has 1 aliphatic rings. The molecule has 0 saturated heterocycles. The first-order valence-corrected chi connectivity index (χ1v) is 11.8. The molecule has 1 atom stereocenters. The van der Waals surface area contributed by atoms with Crippen LogP contribution in [0.15, 0.2) is 48.8 Å². The van der Waals surface area contributed by atoms with Gasteiger partial charge in [-0.3, -0.25) is 0 Å². The molecule has 0 fully saturated rings. The third-order valence-electron chi connectivity index (χ3n) is 5.71. The summed E-state index contributed by atoms with van der Waals surface area (Å²) in [4.78, 5) is 7.44. The standard InChI is InChI=1S/C25H24N6OS/c1-15(2)32-22-9-6-16(12-17(22)13-26)24-30-31-25(33-24)20-5-3-4-19-18(20)7-8-21(19)29-14-23-27-10-11-28-23/h3-6,9-12,15,21,29H,7-8,14H2,1-2H3,(H,27,28)/t21-/m0/s1. The van der Waals surface area contributed by atoms with Gasteiger partial charge in [0.25, 0.3) is 0 Å². The lowest BCUT2D eigenvalue weighted by Crippen LogP contribution is -2.19. The molecule has 166 valence electrons. The van der Waals surface area contributed by atoms with Gasteiger partial charge in [-0.2, -0.15) is 5.26 Å². The van der Waals surface area contributed by atoms with Crippen molar-refractivity contribution in [3.63, 3.8) is 0 Å². The second kappa shape index (κ2) is 9.14. The molecule has 0 spiro atoms. The van der Waals surface area contributed by atoms with Gasteiger partial charge in [-0.25, -0.2) is 4.98 Å². The van der Waals surface area contributed by atoms with Crippen LogP contribution in [0.2, 0.25) is 0 Å². The van der Waals surface area contributed by atoms with E-state index in [1.54, 1.807) is 17.5 Å². The number of fused-ring (bicyclic) bond motifs is 1. The molecule has 2 N–H and O–H groups in total. The molecule has 5 rings (SSSR count). The number of nitriles is 1. The third kappa shape index (κ3) is 4.38. The summed E-state index contributed by atoms with van der Waals surface area (Å²) < 4.78 is 5.74. The van der Waals surface area contributed by atoms with Crippen LogP contribution < -0.4 is 10.1 Å². The average molecular weight is 457 g/mol. The number of nitrogens with one attached hydrogen (secondary N) is 2. The Kier molecular flexibility index (Phi) is 5.90. The Bertz CT molecular complexity index is 1300. The van der Waals surface area contributed by atoms with Crippen LogP contribution in [-0.4, -0.2) is 26.3 Å². The van der Waals surface area contributed by atoms with Gasteiger partial charge in [0.2, 0.25) is 0 Å². The highest BCUT2D eigenvalue weighted by molar-refractivity contribution is 7.17. The summed E-state index contributed by atoms with van der Waals surface area (Å²) in [5.41, 5.74) is 5.16. The van der Waals surface area contributed by atoms with Crippen molar-refractivity contribution < 1.29 is 4.74 Å². The number of rotatable bonds is 7. The molecule has 0 amide bonds. The molecule has 0 radical (unpaired) electrons. The molecule has 0 saturated carbocycles. The normalized spacial score (nSPS) is 14.9. The van der Waals surface area contributed by atoms with Crippen LogP contribution in [0.25, 0.3) is 21.1 Å². The maximum absolute atomic E-state index is 9.55. The minimum atomic E-state index is 0.00801. The van der Waals surface area contributed by atoms with Crippen LogP contribution in [0.5, 0.6) is 5.75 Å². The maximum atomic E-state index is 9.55. The molecule has 2 aromatic carbocycles. The predicted octanol–water partition coefficient (Wildman–Crippen LogP) is 5.03. The van der Waals surface area contributed by atoms with Crippen molar-refractivity contribution in [1.29, 1.82) is 5.26 Å². The van der Waals surface area contributed by atoms with Gasteiger partial charge < -0.3 is 15.0 Å². The number of nitrogens with zero attached hydrogens (tertiary/aromatic N) is 4. The number of imidazole rings is 1. The zero-order chi connectivity index (χ0) is 22.8. The van der Waals surface area contributed by atoms with Gasteiger partial charge in [0.05, 0.1) is 18.2 Å². The van der Waals surface area contributed by atoms with Crippen molar-refractivity contribution in [3.8, 4) is 33.0 Å². The van der Waals surface area contributed by atoms with E-state index >= 15 is 0 Å². The van der Waals surface area contributed by atoms with Crippen LogP contribution in [0.3, 0.4) is 0 Å². The zero-order valence-electron chi connectivity index (χ0n) is 18.5. The van der Waals surface area contributed by atoms with E-state index < -0.39 is 0 Å². The highest BCUT2D eigenvalue weighted by Gasteiger charge is 2.26. The molecule has 4 aromatic rings. The first kappa shape index (κ1) is 21.3. The van der Waals surface area contributed by atoms with Gasteiger partial charge in [-0.1, -0.05) is 29.5 Å². The summed E-state index contributed by atoms with van der Waals surface area (Å²) in [5.74, 6) is 1.53. The van der Waals surface area contributed by atoms with Crippen molar-refractivity contribution >= 4 is 11.3 Å². The summed E-state index contributed by atoms with van der Waals surface area (Å²) in [6.07, 6.45) is 5.66. The fraction of sp³-hybridized carbons (Fsp3) is 0.280. The summed E-state index contributed by atoms with van der Waals surface area (Å²) in [5, 5.41) is 23.8. The highest BCUT2D eigenvalue weighted by atomic mass is 32.1. The number of aromatic amines is 1. The van der Waals surface area contributed by atoms with E-state index in [1.165, 1.54) is 11.1 Å². The lowest BCUT2D eigenvalue weighted by Gasteiger charge is -2.13. The van der Waals surface area contributed by atoms with Crippen molar-refractivity contribution in [2.45, 2.75) is 45.4 Å². The van der Waals surface area contributed by atoms with Crippen molar-refractivity contribution in [1.82, 2.24) is 25.5 Å². The minimum Gasteiger partial charge on any atom is -0.490 e. The van der Waals surface area contributed by atoms with Crippen LogP contribution in [0.1, 0.15) is 48.8 Å². The molecule has 0 unspecified atom stereocenters. The molecule has 2 heterocycles. The van der Waals surface area contributed by atoms with Crippen LogP contribution >= 0.6 is 11.3 Å². The van der Waals surface area contributed by atoms with Gasteiger partial charge >= 0.3 is 0 Å². The molecule has 0 bridgehead atoms. The van der Waals surface area contributed by atoms with Gasteiger partial charge in [-0.05, 0) is 56.0 Å². The fourth-order valence-electron chi connectivity index (χ4n) is 4.24. The third-order valence-corrected chi connectivity index (χ3v) is 6.71. The van der Waals surface area contributed by atoms with Crippen LogP contribution in [-0.2, 0) is 13.0 Å². The quantitative estimate of drug-likeness (QED) is 0.405. The Labute approximate surface area is 196 Å². The Morgan fingerprint density at radius 1 is 1.24 bits per heavy atom. The molecule has 1 aliphatic carbocycles. The summed E-state index contributed by atoms with van der Waals surface area (Å²) in [7, 11) is 0. The van der Waals surface area contributed by atoms with Gasteiger partial charge in [0.1, 0.15) is 27.7 Å². The van der Waals surface area contributed by atoms with Gasteiger partial charge in [0.15, 0.2) is 0 Å². The maximum Gasteiger partial charge on any atom is 0.148 e. The second-order valence-electron chi connectivity index (χ2n) is 8.28. The molecule has 7 nitrogen and oxygen atoms in total.